The van der Waals surface area contributed by atoms with Gasteiger partial charge in [-0.05, 0) is 25.7 Å². The molecule has 0 bridgehead atoms. The average Bonchev–Trinajstić information content (AvgIpc) is 2.81. The SMILES string of the molecule is CC(C)c1ncc(C(=O)NC2CCC(O)CC2)s1. The Morgan fingerprint density at radius 1 is 1.44 bits per heavy atom. The summed E-state index contributed by atoms with van der Waals surface area (Å²) in [6.07, 6.45) is 4.77. The van der Waals surface area contributed by atoms with Gasteiger partial charge in [-0.1, -0.05) is 13.8 Å². The summed E-state index contributed by atoms with van der Waals surface area (Å²) in [5.41, 5.74) is 0. The fourth-order valence-corrected chi connectivity index (χ4v) is 2.96. The van der Waals surface area contributed by atoms with E-state index in [1.165, 1.54) is 11.3 Å². The first-order chi connectivity index (χ1) is 8.56. The third-order valence-electron chi connectivity index (χ3n) is 3.27. The van der Waals surface area contributed by atoms with E-state index in [2.05, 4.69) is 24.1 Å². The Morgan fingerprint density at radius 2 is 2.11 bits per heavy atom. The Bertz CT molecular complexity index is 409. The lowest BCUT2D eigenvalue weighted by molar-refractivity contribution is 0.0871. The van der Waals surface area contributed by atoms with Crippen LogP contribution in [0.25, 0.3) is 0 Å². The molecule has 0 radical (unpaired) electrons. The summed E-state index contributed by atoms with van der Waals surface area (Å²) in [6, 6.07) is 0.200. The second-order valence-electron chi connectivity index (χ2n) is 5.20. The highest BCUT2D eigenvalue weighted by Crippen LogP contribution is 2.22. The van der Waals surface area contributed by atoms with Gasteiger partial charge in [0.25, 0.3) is 5.91 Å². The number of nitrogens with one attached hydrogen (secondary N) is 1. The van der Waals surface area contributed by atoms with Gasteiger partial charge in [0.2, 0.25) is 0 Å². The van der Waals surface area contributed by atoms with Crippen molar-refractivity contribution in [2.45, 2.75) is 57.6 Å². The molecule has 18 heavy (non-hydrogen) atoms. The van der Waals surface area contributed by atoms with Crippen molar-refractivity contribution in [3.8, 4) is 0 Å². The molecule has 5 heteroatoms. The molecule has 2 N–H and O–H groups in total. The predicted molar refractivity (Wildman–Crippen MR) is 71.9 cm³/mol. The van der Waals surface area contributed by atoms with Gasteiger partial charge in [-0.15, -0.1) is 11.3 Å². The molecule has 1 amide bonds. The number of aliphatic hydroxyl groups is 1. The number of hydrogen-bond acceptors (Lipinski definition) is 4. The van der Waals surface area contributed by atoms with E-state index in [9.17, 15) is 9.90 Å². The van der Waals surface area contributed by atoms with Crippen LogP contribution in [0.2, 0.25) is 0 Å². The molecule has 100 valence electrons. The van der Waals surface area contributed by atoms with Crippen molar-refractivity contribution in [3.63, 3.8) is 0 Å². The predicted octanol–water partition coefficient (Wildman–Crippen LogP) is 2.30. The van der Waals surface area contributed by atoms with Crippen LogP contribution in [0.5, 0.6) is 0 Å². The summed E-state index contributed by atoms with van der Waals surface area (Å²) in [5.74, 6) is 0.335. The Kier molecular flexibility index (Phi) is 4.35. The molecule has 0 aromatic carbocycles. The second kappa shape index (κ2) is 5.80. The lowest BCUT2D eigenvalue weighted by atomic mass is 9.93. The largest absolute Gasteiger partial charge is 0.393 e. The van der Waals surface area contributed by atoms with Gasteiger partial charge in [-0.3, -0.25) is 4.79 Å². The van der Waals surface area contributed by atoms with Crippen LogP contribution < -0.4 is 5.32 Å². The van der Waals surface area contributed by atoms with Crippen molar-refractivity contribution >= 4 is 17.2 Å². The maximum Gasteiger partial charge on any atom is 0.263 e. The topological polar surface area (TPSA) is 62.2 Å². The van der Waals surface area contributed by atoms with Gasteiger partial charge < -0.3 is 10.4 Å². The summed E-state index contributed by atoms with van der Waals surface area (Å²) in [5, 5.41) is 13.4. The fourth-order valence-electron chi connectivity index (χ4n) is 2.14. The van der Waals surface area contributed by atoms with E-state index in [0.29, 0.717) is 10.8 Å². The molecule has 2 rings (SSSR count). The quantitative estimate of drug-likeness (QED) is 0.884. The maximum absolute atomic E-state index is 12.0. The molecular formula is C13H20N2O2S. The minimum atomic E-state index is -0.186. The van der Waals surface area contributed by atoms with Gasteiger partial charge in [-0.25, -0.2) is 4.98 Å². The van der Waals surface area contributed by atoms with Crippen LogP contribution in [0.3, 0.4) is 0 Å². The molecule has 1 heterocycles. The number of carbonyl (C=O) groups is 1. The number of thiazole rings is 1. The Labute approximate surface area is 111 Å². The molecule has 0 aliphatic heterocycles. The van der Waals surface area contributed by atoms with E-state index in [1.54, 1.807) is 6.20 Å². The lowest BCUT2D eigenvalue weighted by Gasteiger charge is -2.25. The highest BCUT2D eigenvalue weighted by Gasteiger charge is 2.22. The van der Waals surface area contributed by atoms with Gasteiger partial charge in [-0.2, -0.15) is 0 Å². The van der Waals surface area contributed by atoms with Crippen LogP contribution in [-0.4, -0.2) is 28.1 Å². The number of carbonyl (C=O) groups excluding carboxylic acids is 1. The minimum Gasteiger partial charge on any atom is -0.393 e. The second-order valence-corrected chi connectivity index (χ2v) is 6.26. The monoisotopic (exact) mass is 268 g/mol. The highest BCUT2D eigenvalue weighted by atomic mass is 32.1. The van der Waals surface area contributed by atoms with Crippen molar-refractivity contribution in [3.05, 3.63) is 16.1 Å². The molecule has 1 aliphatic carbocycles. The van der Waals surface area contributed by atoms with Crippen molar-refractivity contribution in [2.75, 3.05) is 0 Å². The summed E-state index contributed by atoms with van der Waals surface area (Å²) in [4.78, 5) is 17.0. The Hall–Kier alpha value is -0.940. The van der Waals surface area contributed by atoms with Crippen LogP contribution in [0.1, 0.15) is 60.1 Å². The van der Waals surface area contributed by atoms with Crippen LogP contribution >= 0.6 is 11.3 Å². The summed E-state index contributed by atoms with van der Waals surface area (Å²) in [7, 11) is 0. The van der Waals surface area contributed by atoms with E-state index in [4.69, 9.17) is 0 Å². The van der Waals surface area contributed by atoms with Gasteiger partial charge in [0, 0.05) is 12.0 Å². The Morgan fingerprint density at radius 3 is 2.67 bits per heavy atom. The van der Waals surface area contributed by atoms with Crippen LogP contribution in [0, 0.1) is 0 Å². The molecule has 1 aliphatic rings. The van der Waals surface area contributed by atoms with E-state index < -0.39 is 0 Å². The lowest BCUT2D eigenvalue weighted by Crippen LogP contribution is -2.38. The smallest absolute Gasteiger partial charge is 0.263 e. The molecule has 1 aromatic heterocycles. The highest BCUT2D eigenvalue weighted by molar-refractivity contribution is 7.13. The maximum atomic E-state index is 12.0. The van der Waals surface area contributed by atoms with Gasteiger partial charge in [0.05, 0.1) is 17.3 Å². The van der Waals surface area contributed by atoms with E-state index in [-0.39, 0.29) is 18.1 Å². The minimum absolute atomic E-state index is 0.0270. The van der Waals surface area contributed by atoms with E-state index in [1.807, 2.05) is 0 Å². The number of rotatable bonds is 3. The first kappa shape index (κ1) is 13.5. The van der Waals surface area contributed by atoms with Crippen LogP contribution in [-0.2, 0) is 0 Å². The first-order valence-electron chi connectivity index (χ1n) is 6.51. The Balaban J connectivity index is 1.91. The van der Waals surface area contributed by atoms with Gasteiger partial charge in [0.1, 0.15) is 4.88 Å². The molecule has 4 nitrogen and oxygen atoms in total. The molecule has 1 aromatic rings. The number of hydrogen-bond donors (Lipinski definition) is 2. The summed E-state index contributed by atoms with van der Waals surface area (Å²) in [6.45, 7) is 4.14. The molecule has 0 spiro atoms. The zero-order chi connectivity index (χ0) is 13.1. The molecule has 0 unspecified atom stereocenters. The van der Waals surface area contributed by atoms with Crippen molar-refractivity contribution < 1.29 is 9.90 Å². The summed E-state index contributed by atoms with van der Waals surface area (Å²) < 4.78 is 0. The number of amides is 1. The molecular weight excluding hydrogens is 248 g/mol. The van der Waals surface area contributed by atoms with Crippen molar-refractivity contribution in [1.29, 1.82) is 0 Å². The van der Waals surface area contributed by atoms with Crippen LogP contribution in [0.15, 0.2) is 6.20 Å². The third-order valence-corrected chi connectivity index (χ3v) is 4.57. The normalized spacial score (nSPS) is 24.2. The summed E-state index contributed by atoms with van der Waals surface area (Å²) >= 11 is 1.47. The van der Waals surface area contributed by atoms with E-state index in [0.717, 1.165) is 30.7 Å². The molecule has 0 atom stereocenters. The van der Waals surface area contributed by atoms with E-state index >= 15 is 0 Å². The molecule has 1 saturated carbocycles. The third kappa shape index (κ3) is 3.29. The van der Waals surface area contributed by atoms with Gasteiger partial charge >= 0.3 is 0 Å². The molecule has 1 fully saturated rings. The average molecular weight is 268 g/mol. The van der Waals surface area contributed by atoms with Crippen LogP contribution in [0.4, 0.5) is 0 Å². The number of aromatic nitrogens is 1. The van der Waals surface area contributed by atoms with Crippen molar-refractivity contribution in [2.24, 2.45) is 0 Å². The zero-order valence-electron chi connectivity index (χ0n) is 10.8. The standard InChI is InChI=1S/C13H20N2O2S/c1-8(2)13-14-7-11(18-13)12(17)15-9-3-5-10(16)6-4-9/h7-10,16H,3-6H2,1-2H3,(H,15,17). The molecule has 0 saturated heterocycles. The fraction of sp³-hybridized carbons (Fsp3) is 0.692. The number of nitrogens with zero attached hydrogens (tertiary/aromatic N) is 1. The van der Waals surface area contributed by atoms with Crippen molar-refractivity contribution in [1.82, 2.24) is 10.3 Å². The van der Waals surface area contributed by atoms with Gasteiger partial charge in [0.15, 0.2) is 0 Å². The number of aliphatic hydroxyl groups excluding tert-OH is 1. The zero-order valence-corrected chi connectivity index (χ0v) is 11.7. The first-order valence-corrected chi connectivity index (χ1v) is 7.32.